The molecule has 2 aromatic carbocycles. The fraction of sp³-hybridized carbons (Fsp3) is 0.0714. The van der Waals surface area contributed by atoms with E-state index in [1.165, 1.54) is 25.3 Å². The minimum Gasteiger partial charge on any atom is -0.465 e. The lowest BCUT2D eigenvalue weighted by atomic mass is 10.1. The second-order valence-corrected chi connectivity index (χ2v) is 5.25. The van der Waals surface area contributed by atoms with Gasteiger partial charge in [0, 0.05) is 9.64 Å². The summed E-state index contributed by atoms with van der Waals surface area (Å²) in [6.07, 6.45) is 0. The third-order valence-corrected chi connectivity index (χ3v) is 3.70. The first kappa shape index (κ1) is 15.2. The summed E-state index contributed by atoms with van der Waals surface area (Å²) in [7, 11) is 1.26. The topological polar surface area (TPSA) is 81.5 Å². The molecular weight excluding hydrogens is 387 g/mol. The first-order valence-electron chi connectivity index (χ1n) is 5.91. The number of nitrogens with zero attached hydrogens (tertiary/aromatic N) is 1. The second-order valence-electron chi connectivity index (χ2n) is 4.09. The third kappa shape index (κ3) is 3.48. The Balaban J connectivity index is 2.46. The molecule has 6 nitrogen and oxygen atoms in total. The van der Waals surface area contributed by atoms with Crippen LogP contribution in [0.25, 0.3) is 0 Å². The SMILES string of the molecule is COC(=O)c1ccc([N+](=O)[O-])c(Nc2ccccc2I)c1. The zero-order valence-corrected chi connectivity index (χ0v) is 13.2. The standard InChI is InChI=1S/C14H11IN2O4/c1-21-14(18)9-6-7-13(17(19)20)12(8-9)16-11-5-3-2-4-10(11)15/h2-8,16H,1H3. The number of anilines is 2. The van der Waals surface area contributed by atoms with Gasteiger partial charge in [0.15, 0.2) is 0 Å². The predicted octanol–water partition coefficient (Wildman–Crippen LogP) is 3.73. The summed E-state index contributed by atoms with van der Waals surface area (Å²) in [4.78, 5) is 22.1. The number of halogens is 1. The molecule has 0 saturated heterocycles. The van der Waals surface area contributed by atoms with Crippen molar-refractivity contribution in [3.63, 3.8) is 0 Å². The molecule has 0 atom stereocenters. The molecule has 0 aliphatic rings. The zero-order chi connectivity index (χ0) is 15.4. The van der Waals surface area contributed by atoms with E-state index in [4.69, 9.17) is 0 Å². The zero-order valence-electron chi connectivity index (χ0n) is 11.0. The molecule has 0 unspecified atom stereocenters. The van der Waals surface area contributed by atoms with Gasteiger partial charge in [-0.25, -0.2) is 4.79 Å². The smallest absolute Gasteiger partial charge is 0.337 e. The average molecular weight is 398 g/mol. The van der Waals surface area contributed by atoms with Gasteiger partial charge in [-0.1, -0.05) is 12.1 Å². The highest BCUT2D eigenvalue weighted by Gasteiger charge is 2.17. The van der Waals surface area contributed by atoms with Crippen LogP contribution in [-0.2, 0) is 4.74 Å². The molecule has 0 radical (unpaired) electrons. The largest absolute Gasteiger partial charge is 0.465 e. The minimum absolute atomic E-state index is 0.109. The molecule has 0 heterocycles. The van der Waals surface area contributed by atoms with Crippen LogP contribution in [0.3, 0.4) is 0 Å². The maximum atomic E-state index is 11.5. The fourth-order valence-corrected chi connectivity index (χ4v) is 2.27. The molecule has 0 aliphatic heterocycles. The van der Waals surface area contributed by atoms with E-state index in [1.54, 1.807) is 6.07 Å². The van der Waals surface area contributed by atoms with Gasteiger partial charge in [0.2, 0.25) is 0 Å². The molecule has 0 aliphatic carbocycles. The van der Waals surface area contributed by atoms with Crippen molar-refractivity contribution in [2.24, 2.45) is 0 Å². The Morgan fingerprint density at radius 3 is 2.57 bits per heavy atom. The van der Waals surface area contributed by atoms with Crippen LogP contribution in [0.5, 0.6) is 0 Å². The third-order valence-electron chi connectivity index (χ3n) is 2.76. The maximum absolute atomic E-state index is 11.5. The normalized spacial score (nSPS) is 10.0. The molecule has 0 amide bonds. The number of nitrogens with one attached hydrogen (secondary N) is 1. The summed E-state index contributed by atoms with van der Waals surface area (Å²) in [5.41, 5.74) is 1.11. The van der Waals surface area contributed by atoms with E-state index < -0.39 is 10.9 Å². The van der Waals surface area contributed by atoms with E-state index in [0.29, 0.717) is 0 Å². The Hall–Kier alpha value is -2.16. The molecule has 2 rings (SSSR count). The molecule has 108 valence electrons. The van der Waals surface area contributed by atoms with Crippen molar-refractivity contribution in [1.82, 2.24) is 0 Å². The number of carbonyl (C=O) groups is 1. The van der Waals surface area contributed by atoms with Crippen molar-refractivity contribution < 1.29 is 14.5 Å². The van der Waals surface area contributed by atoms with Crippen LogP contribution in [-0.4, -0.2) is 18.0 Å². The van der Waals surface area contributed by atoms with E-state index in [1.807, 2.05) is 18.2 Å². The summed E-state index contributed by atoms with van der Waals surface area (Å²) in [6.45, 7) is 0. The van der Waals surface area contributed by atoms with E-state index in [0.717, 1.165) is 9.26 Å². The van der Waals surface area contributed by atoms with Gasteiger partial charge in [0.25, 0.3) is 5.69 Å². The van der Waals surface area contributed by atoms with Crippen LogP contribution in [0.1, 0.15) is 10.4 Å². The van der Waals surface area contributed by atoms with Crippen LogP contribution >= 0.6 is 22.6 Å². The number of benzene rings is 2. The van der Waals surface area contributed by atoms with Crippen LogP contribution < -0.4 is 5.32 Å². The number of nitro benzene ring substituents is 1. The van der Waals surface area contributed by atoms with Crippen molar-refractivity contribution in [3.8, 4) is 0 Å². The quantitative estimate of drug-likeness (QED) is 0.368. The highest BCUT2D eigenvalue weighted by Crippen LogP contribution is 2.30. The lowest BCUT2D eigenvalue weighted by Crippen LogP contribution is -2.04. The summed E-state index contributed by atoms with van der Waals surface area (Å²) < 4.78 is 5.54. The Kier molecular flexibility index (Phi) is 4.73. The van der Waals surface area contributed by atoms with Gasteiger partial charge in [0.1, 0.15) is 5.69 Å². The van der Waals surface area contributed by atoms with Crippen molar-refractivity contribution >= 4 is 45.6 Å². The van der Waals surface area contributed by atoms with Crippen molar-refractivity contribution in [1.29, 1.82) is 0 Å². The predicted molar refractivity (Wildman–Crippen MR) is 86.9 cm³/mol. The van der Waals surface area contributed by atoms with Crippen LogP contribution in [0, 0.1) is 13.7 Å². The van der Waals surface area contributed by atoms with Gasteiger partial charge in [-0.2, -0.15) is 0 Å². The number of hydrogen-bond acceptors (Lipinski definition) is 5. The molecule has 0 aromatic heterocycles. The van der Waals surface area contributed by atoms with Gasteiger partial charge < -0.3 is 10.1 Å². The molecule has 2 aromatic rings. The average Bonchev–Trinajstić information content (AvgIpc) is 2.48. The number of carbonyl (C=O) groups excluding carboxylic acids is 1. The van der Waals surface area contributed by atoms with Gasteiger partial charge in [-0.05, 0) is 46.9 Å². The van der Waals surface area contributed by atoms with E-state index >= 15 is 0 Å². The van der Waals surface area contributed by atoms with Gasteiger partial charge >= 0.3 is 5.97 Å². The van der Waals surface area contributed by atoms with Crippen molar-refractivity contribution in [2.45, 2.75) is 0 Å². The van der Waals surface area contributed by atoms with E-state index in [-0.39, 0.29) is 16.9 Å². The first-order valence-corrected chi connectivity index (χ1v) is 6.99. The Labute approximate surface area is 134 Å². The van der Waals surface area contributed by atoms with Crippen LogP contribution in [0.4, 0.5) is 17.1 Å². The monoisotopic (exact) mass is 398 g/mol. The first-order chi connectivity index (χ1) is 10.0. The number of esters is 1. The molecular formula is C14H11IN2O4. The Morgan fingerprint density at radius 2 is 1.95 bits per heavy atom. The highest BCUT2D eigenvalue weighted by molar-refractivity contribution is 14.1. The minimum atomic E-state index is -0.546. The number of rotatable bonds is 4. The van der Waals surface area contributed by atoms with Gasteiger partial charge in [-0.3, -0.25) is 10.1 Å². The Bertz CT molecular complexity index is 703. The van der Waals surface area contributed by atoms with Gasteiger partial charge in [-0.15, -0.1) is 0 Å². The molecule has 0 saturated carbocycles. The Morgan fingerprint density at radius 1 is 1.24 bits per heavy atom. The van der Waals surface area contributed by atoms with Gasteiger partial charge in [0.05, 0.1) is 23.3 Å². The molecule has 7 heteroatoms. The van der Waals surface area contributed by atoms with E-state index in [9.17, 15) is 14.9 Å². The van der Waals surface area contributed by atoms with Crippen LogP contribution in [0.15, 0.2) is 42.5 Å². The maximum Gasteiger partial charge on any atom is 0.337 e. The number of ether oxygens (including phenoxy) is 1. The summed E-state index contributed by atoms with van der Waals surface area (Å²) in [5.74, 6) is -0.546. The molecule has 0 fully saturated rings. The molecule has 0 spiro atoms. The molecule has 0 bridgehead atoms. The molecule has 21 heavy (non-hydrogen) atoms. The second kappa shape index (κ2) is 6.53. The van der Waals surface area contributed by atoms with Crippen molar-refractivity contribution in [3.05, 3.63) is 61.7 Å². The molecule has 1 N–H and O–H groups in total. The number of methoxy groups -OCH3 is 1. The lowest BCUT2D eigenvalue weighted by Gasteiger charge is -2.10. The highest BCUT2D eigenvalue weighted by atomic mass is 127. The lowest BCUT2D eigenvalue weighted by molar-refractivity contribution is -0.383. The number of hydrogen-bond donors (Lipinski definition) is 1. The van der Waals surface area contributed by atoms with E-state index in [2.05, 4.69) is 32.6 Å². The summed E-state index contributed by atoms with van der Waals surface area (Å²) in [5, 5.41) is 14.1. The van der Waals surface area contributed by atoms with Crippen molar-refractivity contribution in [2.75, 3.05) is 12.4 Å². The van der Waals surface area contributed by atoms with Crippen LogP contribution in [0.2, 0.25) is 0 Å². The summed E-state index contributed by atoms with van der Waals surface area (Å²) in [6, 6.07) is 11.4. The fourth-order valence-electron chi connectivity index (χ4n) is 1.75. The summed E-state index contributed by atoms with van der Waals surface area (Å²) >= 11 is 2.12. The number of nitro groups is 1. The number of para-hydroxylation sites is 1.